The average molecular weight is 207 g/mol. The van der Waals surface area contributed by atoms with Crippen LogP contribution in [0.3, 0.4) is 0 Å². The molecule has 1 fully saturated rings. The SMILES string of the molecule is COc1cnc(C(C)C)c(OC2CC2)c1. The van der Waals surface area contributed by atoms with Gasteiger partial charge in [-0.3, -0.25) is 4.98 Å². The molecule has 1 heterocycles. The maximum atomic E-state index is 5.82. The van der Waals surface area contributed by atoms with Crippen LogP contribution in [0.25, 0.3) is 0 Å². The summed E-state index contributed by atoms with van der Waals surface area (Å²) in [6.45, 7) is 4.24. The van der Waals surface area contributed by atoms with Crippen molar-refractivity contribution in [1.29, 1.82) is 0 Å². The number of hydrogen-bond donors (Lipinski definition) is 0. The fourth-order valence-corrected chi connectivity index (χ4v) is 1.44. The Hall–Kier alpha value is -1.25. The summed E-state index contributed by atoms with van der Waals surface area (Å²) < 4.78 is 11.0. The first-order valence-corrected chi connectivity index (χ1v) is 5.41. The predicted molar refractivity (Wildman–Crippen MR) is 58.5 cm³/mol. The summed E-state index contributed by atoms with van der Waals surface area (Å²) in [6.07, 6.45) is 4.47. The lowest BCUT2D eigenvalue weighted by atomic mass is 10.1. The Balaban J connectivity index is 2.26. The fourth-order valence-electron chi connectivity index (χ4n) is 1.44. The van der Waals surface area contributed by atoms with Crippen LogP contribution in [0.15, 0.2) is 12.3 Å². The maximum Gasteiger partial charge on any atom is 0.145 e. The van der Waals surface area contributed by atoms with E-state index in [9.17, 15) is 0 Å². The van der Waals surface area contributed by atoms with Crippen molar-refractivity contribution in [3.8, 4) is 11.5 Å². The summed E-state index contributed by atoms with van der Waals surface area (Å²) in [5.74, 6) is 2.02. The maximum absolute atomic E-state index is 5.82. The molecular weight excluding hydrogens is 190 g/mol. The Bertz CT molecular complexity index is 345. The molecule has 0 N–H and O–H groups in total. The van der Waals surface area contributed by atoms with Gasteiger partial charge in [-0.05, 0) is 18.8 Å². The van der Waals surface area contributed by atoms with Gasteiger partial charge in [0.15, 0.2) is 0 Å². The van der Waals surface area contributed by atoms with E-state index in [1.165, 1.54) is 0 Å². The van der Waals surface area contributed by atoms with Gasteiger partial charge in [0, 0.05) is 6.07 Å². The predicted octanol–water partition coefficient (Wildman–Crippen LogP) is 2.75. The van der Waals surface area contributed by atoms with E-state index in [1.807, 2.05) is 6.07 Å². The molecule has 0 aliphatic heterocycles. The topological polar surface area (TPSA) is 31.4 Å². The minimum Gasteiger partial charge on any atom is -0.495 e. The van der Waals surface area contributed by atoms with Crippen molar-refractivity contribution in [3.63, 3.8) is 0 Å². The van der Waals surface area contributed by atoms with Crippen molar-refractivity contribution in [1.82, 2.24) is 4.98 Å². The zero-order valence-electron chi connectivity index (χ0n) is 9.49. The first-order valence-electron chi connectivity index (χ1n) is 5.41. The van der Waals surface area contributed by atoms with E-state index in [1.54, 1.807) is 13.3 Å². The van der Waals surface area contributed by atoms with Gasteiger partial charge in [-0.15, -0.1) is 0 Å². The molecule has 1 aromatic heterocycles. The van der Waals surface area contributed by atoms with Crippen molar-refractivity contribution in [3.05, 3.63) is 18.0 Å². The minimum absolute atomic E-state index is 0.379. The first-order chi connectivity index (χ1) is 7.20. The molecule has 0 unspecified atom stereocenters. The van der Waals surface area contributed by atoms with Crippen molar-refractivity contribution < 1.29 is 9.47 Å². The van der Waals surface area contributed by atoms with Gasteiger partial charge in [-0.25, -0.2) is 0 Å². The van der Waals surface area contributed by atoms with Crippen molar-refractivity contribution in [2.75, 3.05) is 7.11 Å². The van der Waals surface area contributed by atoms with Crippen LogP contribution in [0, 0.1) is 0 Å². The summed E-state index contributed by atoms with van der Waals surface area (Å²) in [4.78, 5) is 4.38. The number of rotatable bonds is 4. The quantitative estimate of drug-likeness (QED) is 0.760. The molecule has 0 aromatic carbocycles. The van der Waals surface area contributed by atoms with E-state index in [0.717, 1.165) is 30.0 Å². The molecule has 1 aliphatic rings. The molecule has 0 atom stereocenters. The molecule has 0 saturated heterocycles. The number of hydrogen-bond acceptors (Lipinski definition) is 3. The highest BCUT2D eigenvalue weighted by atomic mass is 16.5. The molecule has 0 amide bonds. The normalized spacial score (nSPS) is 15.5. The van der Waals surface area contributed by atoms with Crippen LogP contribution in [-0.2, 0) is 0 Å². The van der Waals surface area contributed by atoms with E-state index < -0.39 is 0 Å². The van der Waals surface area contributed by atoms with E-state index in [0.29, 0.717) is 12.0 Å². The third kappa shape index (κ3) is 2.41. The molecule has 82 valence electrons. The van der Waals surface area contributed by atoms with Crippen LogP contribution >= 0.6 is 0 Å². The number of pyridine rings is 1. The molecule has 2 rings (SSSR count). The van der Waals surface area contributed by atoms with Crippen molar-refractivity contribution in [2.45, 2.75) is 38.7 Å². The molecule has 1 saturated carbocycles. The highest BCUT2D eigenvalue weighted by molar-refractivity contribution is 5.37. The van der Waals surface area contributed by atoms with Crippen LogP contribution in [-0.4, -0.2) is 18.2 Å². The van der Waals surface area contributed by atoms with E-state index in [2.05, 4.69) is 18.8 Å². The van der Waals surface area contributed by atoms with Gasteiger partial charge in [-0.1, -0.05) is 13.8 Å². The third-order valence-electron chi connectivity index (χ3n) is 2.46. The van der Waals surface area contributed by atoms with Gasteiger partial charge < -0.3 is 9.47 Å². The van der Waals surface area contributed by atoms with Crippen LogP contribution < -0.4 is 9.47 Å². The average Bonchev–Trinajstić information content (AvgIpc) is 3.01. The number of nitrogens with zero attached hydrogens (tertiary/aromatic N) is 1. The standard InChI is InChI=1S/C12H17NO2/c1-8(2)12-11(15-9-4-5-9)6-10(14-3)7-13-12/h6-9H,4-5H2,1-3H3. The monoisotopic (exact) mass is 207 g/mol. The molecule has 3 nitrogen and oxygen atoms in total. The summed E-state index contributed by atoms with van der Waals surface area (Å²) in [6, 6.07) is 1.93. The second-order valence-electron chi connectivity index (χ2n) is 4.23. The Kier molecular flexibility index (Phi) is 2.80. The van der Waals surface area contributed by atoms with Crippen molar-refractivity contribution >= 4 is 0 Å². The van der Waals surface area contributed by atoms with Crippen LogP contribution in [0.1, 0.15) is 38.3 Å². The molecule has 1 aliphatic carbocycles. The van der Waals surface area contributed by atoms with Gasteiger partial charge in [-0.2, -0.15) is 0 Å². The highest BCUT2D eigenvalue weighted by Gasteiger charge is 2.25. The lowest BCUT2D eigenvalue weighted by molar-refractivity contribution is 0.294. The smallest absolute Gasteiger partial charge is 0.145 e. The Morgan fingerprint density at radius 1 is 1.40 bits per heavy atom. The zero-order chi connectivity index (χ0) is 10.8. The Morgan fingerprint density at radius 2 is 2.13 bits per heavy atom. The Labute approximate surface area is 90.4 Å². The van der Waals surface area contributed by atoms with Crippen LogP contribution in [0.5, 0.6) is 11.5 Å². The van der Waals surface area contributed by atoms with Crippen molar-refractivity contribution in [2.24, 2.45) is 0 Å². The highest BCUT2D eigenvalue weighted by Crippen LogP contribution is 2.33. The lowest BCUT2D eigenvalue weighted by Crippen LogP contribution is -2.03. The molecule has 0 radical (unpaired) electrons. The van der Waals surface area contributed by atoms with Gasteiger partial charge in [0.2, 0.25) is 0 Å². The number of aromatic nitrogens is 1. The van der Waals surface area contributed by atoms with E-state index >= 15 is 0 Å². The van der Waals surface area contributed by atoms with E-state index in [-0.39, 0.29) is 0 Å². The third-order valence-corrected chi connectivity index (χ3v) is 2.46. The zero-order valence-corrected chi connectivity index (χ0v) is 9.49. The first kappa shape index (κ1) is 10.3. The van der Waals surface area contributed by atoms with Crippen LogP contribution in [0.2, 0.25) is 0 Å². The van der Waals surface area contributed by atoms with Gasteiger partial charge in [0.05, 0.1) is 25.1 Å². The Morgan fingerprint density at radius 3 is 2.67 bits per heavy atom. The molecular formula is C12H17NO2. The summed E-state index contributed by atoms with van der Waals surface area (Å²) in [5, 5.41) is 0. The van der Waals surface area contributed by atoms with Gasteiger partial charge in [0.25, 0.3) is 0 Å². The summed E-state index contributed by atoms with van der Waals surface area (Å²) >= 11 is 0. The molecule has 3 heteroatoms. The molecule has 0 spiro atoms. The minimum atomic E-state index is 0.379. The molecule has 15 heavy (non-hydrogen) atoms. The summed E-state index contributed by atoms with van der Waals surface area (Å²) in [5.41, 5.74) is 1.02. The number of ether oxygens (including phenoxy) is 2. The fraction of sp³-hybridized carbons (Fsp3) is 0.583. The second-order valence-corrected chi connectivity index (χ2v) is 4.23. The lowest BCUT2D eigenvalue weighted by Gasteiger charge is -2.13. The number of methoxy groups -OCH3 is 1. The second kappa shape index (κ2) is 4.09. The summed E-state index contributed by atoms with van der Waals surface area (Å²) in [7, 11) is 1.65. The van der Waals surface area contributed by atoms with Gasteiger partial charge in [0.1, 0.15) is 11.5 Å². The largest absolute Gasteiger partial charge is 0.495 e. The molecule has 1 aromatic rings. The molecule has 0 bridgehead atoms. The van der Waals surface area contributed by atoms with E-state index in [4.69, 9.17) is 9.47 Å². The van der Waals surface area contributed by atoms with Gasteiger partial charge >= 0.3 is 0 Å². The van der Waals surface area contributed by atoms with Crippen LogP contribution in [0.4, 0.5) is 0 Å².